The zero-order valence-electron chi connectivity index (χ0n) is 6.47. The van der Waals surface area contributed by atoms with E-state index in [0.29, 0.717) is 6.61 Å². The summed E-state index contributed by atoms with van der Waals surface area (Å²) < 4.78 is 0. The van der Waals surface area contributed by atoms with Gasteiger partial charge in [0.15, 0.2) is 0 Å². The quantitative estimate of drug-likeness (QED) is 0.583. The summed E-state index contributed by atoms with van der Waals surface area (Å²) in [5, 5.41) is 8.67. The minimum Gasteiger partial charge on any atom is -0.396 e. The van der Waals surface area contributed by atoms with E-state index in [1.54, 1.807) is 0 Å². The molecule has 1 aliphatic rings. The molecular weight excluding hydrogens is 124 g/mol. The maximum Gasteiger partial charge on any atom is 0.0468 e. The smallest absolute Gasteiger partial charge is 0.0468 e. The van der Waals surface area contributed by atoms with Gasteiger partial charge in [0.25, 0.3) is 0 Å². The maximum atomic E-state index is 8.67. The van der Waals surface area contributed by atoms with Crippen molar-refractivity contribution in [1.82, 2.24) is 0 Å². The summed E-state index contributed by atoms with van der Waals surface area (Å²) in [4.78, 5) is 0. The summed E-state index contributed by atoms with van der Waals surface area (Å²) in [6.07, 6.45) is 9.70. The highest BCUT2D eigenvalue weighted by Gasteiger charge is 2.00. The lowest BCUT2D eigenvalue weighted by Crippen LogP contribution is -1.87. The Hall–Kier alpha value is -0.300. The molecule has 1 rings (SSSR count). The molecule has 0 aromatic carbocycles. The van der Waals surface area contributed by atoms with Crippen LogP contribution in [0.4, 0.5) is 0 Å². The Morgan fingerprint density at radius 1 is 1.30 bits per heavy atom. The van der Waals surface area contributed by atoms with E-state index >= 15 is 0 Å². The molecule has 0 unspecified atom stereocenters. The lowest BCUT2D eigenvalue weighted by atomic mass is 10.1. The van der Waals surface area contributed by atoms with Crippen molar-refractivity contribution >= 4 is 0 Å². The molecule has 1 N–H and O–H groups in total. The molecular formula is C9H16O. The first-order valence-corrected chi connectivity index (χ1v) is 4.22. The van der Waals surface area contributed by atoms with Gasteiger partial charge in [0.05, 0.1) is 0 Å². The molecule has 1 nitrogen and oxygen atoms in total. The van der Waals surface area contributed by atoms with Crippen LogP contribution in [0.1, 0.15) is 38.5 Å². The average Bonchev–Trinajstić information content (AvgIpc) is 2.17. The minimum absolute atomic E-state index is 0.325. The molecule has 0 atom stereocenters. The van der Waals surface area contributed by atoms with Gasteiger partial charge in [-0.3, -0.25) is 0 Å². The average molecular weight is 140 g/mol. The standard InChI is InChI=1S/C9H16O/c10-8-7-9-5-3-1-2-4-6-9/h5,10H,1-4,6-8H2. The molecule has 0 radical (unpaired) electrons. The number of rotatable bonds is 2. The molecule has 0 aromatic heterocycles. The largest absolute Gasteiger partial charge is 0.396 e. The third-order valence-electron chi connectivity index (χ3n) is 2.07. The van der Waals surface area contributed by atoms with Crippen LogP contribution in [0.25, 0.3) is 0 Å². The molecule has 0 aromatic rings. The Balaban J connectivity index is 2.31. The maximum absolute atomic E-state index is 8.67. The monoisotopic (exact) mass is 140 g/mol. The second-order valence-electron chi connectivity index (χ2n) is 2.94. The zero-order valence-corrected chi connectivity index (χ0v) is 6.47. The topological polar surface area (TPSA) is 20.2 Å². The molecule has 10 heavy (non-hydrogen) atoms. The van der Waals surface area contributed by atoms with E-state index in [9.17, 15) is 0 Å². The highest BCUT2D eigenvalue weighted by molar-refractivity contribution is 5.03. The van der Waals surface area contributed by atoms with Crippen molar-refractivity contribution in [2.75, 3.05) is 6.61 Å². The molecule has 0 saturated carbocycles. The molecule has 0 saturated heterocycles. The first-order chi connectivity index (χ1) is 4.93. The highest BCUT2D eigenvalue weighted by atomic mass is 16.2. The van der Waals surface area contributed by atoms with Crippen molar-refractivity contribution in [1.29, 1.82) is 0 Å². The van der Waals surface area contributed by atoms with Crippen LogP contribution in [0.5, 0.6) is 0 Å². The summed E-state index contributed by atoms with van der Waals surface area (Å²) in [5.41, 5.74) is 1.47. The summed E-state index contributed by atoms with van der Waals surface area (Å²) >= 11 is 0. The Morgan fingerprint density at radius 2 is 2.20 bits per heavy atom. The van der Waals surface area contributed by atoms with Gasteiger partial charge in [-0.05, 0) is 32.1 Å². The van der Waals surface area contributed by atoms with E-state index in [1.807, 2.05) is 0 Å². The minimum atomic E-state index is 0.325. The summed E-state index contributed by atoms with van der Waals surface area (Å²) in [5.74, 6) is 0. The van der Waals surface area contributed by atoms with Crippen molar-refractivity contribution in [2.24, 2.45) is 0 Å². The second kappa shape index (κ2) is 4.51. The molecule has 0 fully saturated rings. The van der Waals surface area contributed by atoms with Crippen LogP contribution in [0.15, 0.2) is 11.6 Å². The summed E-state index contributed by atoms with van der Waals surface area (Å²) in [6.45, 7) is 0.325. The van der Waals surface area contributed by atoms with E-state index in [2.05, 4.69) is 6.08 Å². The fraction of sp³-hybridized carbons (Fsp3) is 0.778. The summed E-state index contributed by atoms with van der Waals surface area (Å²) in [6, 6.07) is 0. The van der Waals surface area contributed by atoms with E-state index in [0.717, 1.165) is 6.42 Å². The number of aliphatic hydroxyl groups excluding tert-OH is 1. The van der Waals surface area contributed by atoms with Crippen molar-refractivity contribution in [3.05, 3.63) is 11.6 Å². The van der Waals surface area contributed by atoms with Gasteiger partial charge in [-0.25, -0.2) is 0 Å². The number of aliphatic hydroxyl groups is 1. The fourth-order valence-electron chi connectivity index (χ4n) is 1.45. The number of allylic oxidation sites excluding steroid dienone is 1. The Bertz CT molecular complexity index is 116. The SMILES string of the molecule is OCCC1=CCCCCC1. The molecule has 58 valence electrons. The zero-order chi connectivity index (χ0) is 7.23. The van der Waals surface area contributed by atoms with E-state index in [1.165, 1.54) is 37.7 Å². The van der Waals surface area contributed by atoms with Crippen LogP contribution >= 0.6 is 0 Å². The number of hydrogen-bond donors (Lipinski definition) is 1. The number of hydrogen-bond acceptors (Lipinski definition) is 1. The van der Waals surface area contributed by atoms with Gasteiger partial charge < -0.3 is 5.11 Å². The van der Waals surface area contributed by atoms with Crippen molar-refractivity contribution < 1.29 is 5.11 Å². The Labute approximate surface area is 62.8 Å². The third-order valence-corrected chi connectivity index (χ3v) is 2.07. The van der Waals surface area contributed by atoms with E-state index in [4.69, 9.17) is 5.11 Å². The van der Waals surface area contributed by atoms with Gasteiger partial charge in [-0.2, -0.15) is 0 Å². The van der Waals surface area contributed by atoms with Gasteiger partial charge >= 0.3 is 0 Å². The van der Waals surface area contributed by atoms with Crippen molar-refractivity contribution in [3.8, 4) is 0 Å². The van der Waals surface area contributed by atoms with Crippen LogP contribution in [-0.2, 0) is 0 Å². The highest BCUT2D eigenvalue weighted by Crippen LogP contribution is 2.18. The van der Waals surface area contributed by atoms with Crippen LogP contribution in [0.2, 0.25) is 0 Å². The summed E-state index contributed by atoms with van der Waals surface area (Å²) in [7, 11) is 0. The van der Waals surface area contributed by atoms with Crippen LogP contribution in [-0.4, -0.2) is 11.7 Å². The predicted octanol–water partition coefficient (Wildman–Crippen LogP) is 2.26. The first-order valence-electron chi connectivity index (χ1n) is 4.22. The van der Waals surface area contributed by atoms with Crippen LogP contribution in [0, 0.1) is 0 Å². The van der Waals surface area contributed by atoms with Gasteiger partial charge in [-0.15, -0.1) is 0 Å². The lowest BCUT2D eigenvalue weighted by Gasteiger charge is -2.00. The van der Waals surface area contributed by atoms with E-state index in [-0.39, 0.29) is 0 Å². The molecule has 1 heteroatoms. The molecule has 0 bridgehead atoms. The first kappa shape index (κ1) is 7.80. The van der Waals surface area contributed by atoms with Gasteiger partial charge in [0, 0.05) is 6.61 Å². The molecule has 0 aliphatic heterocycles. The Morgan fingerprint density at radius 3 is 3.00 bits per heavy atom. The van der Waals surface area contributed by atoms with Crippen LogP contribution in [0.3, 0.4) is 0 Å². The van der Waals surface area contributed by atoms with Gasteiger partial charge in [-0.1, -0.05) is 18.1 Å². The Kier molecular flexibility index (Phi) is 3.52. The molecule has 0 amide bonds. The predicted molar refractivity (Wildman–Crippen MR) is 42.9 cm³/mol. The lowest BCUT2D eigenvalue weighted by molar-refractivity contribution is 0.297. The van der Waals surface area contributed by atoms with Crippen molar-refractivity contribution in [3.63, 3.8) is 0 Å². The third kappa shape index (κ3) is 2.53. The van der Waals surface area contributed by atoms with E-state index < -0.39 is 0 Å². The van der Waals surface area contributed by atoms with Gasteiger partial charge in [0.1, 0.15) is 0 Å². The fourth-order valence-corrected chi connectivity index (χ4v) is 1.45. The normalized spacial score (nSPS) is 19.9. The van der Waals surface area contributed by atoms with Crippen LogP contribution < -0.4 is 0 Å². The second-order valence-corrected chi connectivity index (χ2v) is 2.94. The molecule has 0 spiro atoms. The molecule has 0 heterocycles. The molecule has 1 aliphatic carbocycles. The van der Waals surface area contributed by atoms with Crippen molar-refractivity contribution in [2.45, 2.75) is 38.5 Å². The van der Waals surface area contributed by atoms with Gasteiger partial charge in [0.2, 0.25) is 0 Å².